The summed E-state index contributed by atoms with van der Waals surface area (Å²) in [6, 6.07) is 6.19. The van der Waals surface area contributed by atoms with Crippen LogP contribution in [-0.2, 0) is 6.42 Å². The second kappa shape index (κ2) is 6.87. The minimum atomic E-state index is 0.787. The number of oxazole rings is 1. The lowest BCUT2D eigenvalue weighted by Gasteiger charge is -2.01. The first-order valence-electron chi connectivity index (χ1n) is 6.62. The monoisotopic (exact) mass is 322 g/mol. The Morgan fingerprint density at radius 2 is 2.16 bits per heavy atom. The van der Waals surface area contributed by atoms with E-state index in [4.69, 9.17) is 4.42 Å². The van der Waals surface area contributed by atoms with Crippen molar-refractivity contribution in [3.05, 3.63) is 40.3 Å². The number of nitrogens with zero attached hydrogens (tertiary/aromatic N) is 1. The summed E-state index contributed by atoms with van der Waals surface area (Å²) >= 11 is 3.54. The van der Waals surface area contributed by atoms with Gasteiger partial charge in [0.25, 0.3) is 0 Å². The number of rotatable bonds is 6. The van der Waals surface area contributed by atoms with Crippen LogP contribution in [0, 0.1) is 6.92 Å². The summed E-state index contributed by atoms with van der Waals surface area (Å²) in [5.74, 6) is 1.61. The Bertz CT molecular complexity index is 537. The molecular formula is C15H19BrN2O. The predicted octanol–water partition coefficient (Wildman–Crippen LogP) is 3.95. The zero-order valence-electron chi connectivity index (χ0n) is 11.4. The van der Waals surface area contributed by atoms with Crippen LogP contribution in [0.25, 0.3) is 11.3 Å². The minimum absolute atomic E-state index is 0.787. The molecule has 2 aromatic rings. The van der Waals surface area contributed by atoms with Crippen molar-refractivity contribution in [2.75, 3.05) is 13.1 Å². The highest BCUT2D eigenvalue weighted by molar-refractivity contribution is 9.10. The Balaban J connectivity index is 2.01. The largest absolute Gasteiger partial charge is 0.441 e. The van der Waals surface area contributed by atoms with E-state index in [-0.39, 0.29) is 0 Å². The average molecular weight is 323 g/mol. The van der Waals surface area contributed by atoms with Crippen LogP contribution in [0.2, 0.25) is 0 Å². The van der Waals surface area contributed by atoms with Gasteiger partial charge in [0.05, 0.1) is 6.20 Å². The molecule has 0 saturated carbocycles. The van der Waals surface area contributed by atoms with Crippen molar-refractivity contribution in [2.45, 2.75) is 26.7 Å². The van der Waals surface area contributed by atoms with E-state index in [1.165, 1.54) is 5.56 Å². The molecule has 4 heteroatoms. The number of benzene rings is 1. The topological polar surface area (TPSA) is 38.1 Å². The molecule has 0 atom stereocenters. The molecule has 19 heavy (non-hydrogen) atoms. The highest BCUT2D eigenvalue weighted by Crippen LogP contribution is 2.26. The molecule has 3 nitrogen and oxygen atoms in total. The van der Waals surface area contributed by atoms with Gasteiger partial charge in [-0.3, -0.25) is 0 Å². The third kappa shape index (κ3) is 3.91. The van der Waals surface area contributed by atoms with Gasteiger partial charge in [-0.05, 0) is 31.5 Å². The van der Waals surface area contributed by atoms with E-state index >= 15 is 0 Å². The number of hydrogen-bond donors (Lipinski definition) is 1. The Labute approximate surface area is 122 Å². The fraction of sp³-hybridized carbons (Fsp3) is 0.400. The molecular weight excluding hydrogens is 304 g/mol. The summed E-state index contributed by atoms with van der Waals surface area (Å²) in [7, 11) is 0. The smallest absolute Gasteiger partial charge is 0.196 e. The Morgan fingerprint density at radius 1 is 1.32 bits per heavy atom. The van der Waals surface area contributed by atoms with Gasteiger partial charge in [0.1, 0.15) is 0 Å². The number of aromatic nitrogens is 1. The maximum atomic E-state index is 5.77. The van der Waals surface area contributed by atoms with Gasteiger partial charge < -0.3 is 9.73 Å². The quantitative estimate of drug-likeness (QED) is 0.818. The van der Waals surface area contributed by atoms with Crippen molar-refractivity contribution in [1.82, 2.24) is 10.3 Å². The summed E-state index contributed by atoms with van der Waals surface area (Å²) in [6.07, 6.45) is 3.77. The molecule has 2 rings (SSSR count). The van der Waals surface area contributed by atoms with Crippen molar-refractivity contribution < 1.29 is 4.42 Å². The molecule has 0 unspecified atom stereocenters. The predicted molar refractivity (Wildman–Crippen MR) is 81.2 cm³/mol. The first-order valence-corrected chi connectivity index (χ1v) is 7.42. The molecule has 0 aliphatic rings. The lowest BCUT2D eigenvalue weighted by atomic mass is 10.1. The summed E-state index contributed by atoms with van der Waals surface area (Å²) in [6.45, 7) is 6.18. The molecule has 102 valence electrons. The van der Waals surface area contributed by atoms with E-state index in [2.05, 4.69) is 58.3 Å². The molecule has 1 heterocycles. The van der Waals surface area contributed by atoms with Gasteiger partial charge in [0, 0.05) is 23.0 Å². The van der Waals surface area contributed by atoms with Crippen molar-refractivity contribution >= 4 is 15.9 Å². The van der Waals surface area contributed by atoms with Gasteiger partial charge in [-0.1, -0.05) is 35.0 Å². The molecule has 1 aromatic heterocycles. The van der Waals surface area contributed by atoms with Crippen molar-refractivity contribution in [3.63, 3.8) is 0 Å². The minimum Gasteiger partial charge on any atom is -0.441 e. The van der Waals surface area contributed by atoms with Crippen molar-refractivity contribution in [3.8, 4) is 11.3 Å². The molecule has 0 aliphatic carbocycles. The second-order valence-electron chi connectivity index (χ2n) is 4.58. The van der Waals surface area contributed by atoms with Crippen LogP contribution in [0.5, 0.6) is 0 Å². The Morgan fingerprint density at radius 3 is 2.89 bits per heavy atom. The molecule has 0 aliphatic heterocycles. The van der Waals surface area contributed by atoms with Crippen LogP contribution in [0.4, 0.5) is 0 Å². The van der Waals surface area contributed by atoms with E-state index in [1.54, 1.807) is 6.20 Å². The summed E-state index contributed by atoms with van der Waals surface area (Å²) in [5.41, 5.74) is 2.27. The van der Waals surface area contributed by atoms with Gasteiger partial charge in [0.2, 0.25) is 0 Å². The van der Waals surface area contributed by atoms with Crippen LogP contribution in [0.15, 0.2) is 33.3 Å². The van der Waals surface area contributed by atoms with Crippen LogP contribution in [0.1, 0.15) is 24.8 Å². The highest BCUT2D eigenvalue weighted by atomic mass is 79.9. The van der Waals surface area contributed by atoms with Crippen molar-refractivity contribution in [2.24, 2.45) is 0 Å². The van der Waals surface area contributed by atoms with E-state index in [1.807, 2.05) is 0 Å². The lowest BCUT2D eigenvalue weighted by Crippen LogP contribution is -2.17. The van der Waals surface area contributed by atoms with Gasteiger partial charge in [-0.2, -0.15) is 0 Å². The summed E-state index contributed by atoms with van der Waals surface area (Å²) < 4.78 is 6.86. The SMILES string of the molecule is CCCNCCc1ncc(-c2ccc(C)c(Br)c2)o1. The van der Waals surface area contributed by atoms with Gasteiger partial charge in [-0.25, -0.2) is 4.98 Å². The molecule has 0 amide bonds. The van der Waals surface area contributed by atoms with Crippen molar-refractivity contribution in [1.29, 1.82) is 0 Å². The fourth-order valence-electron chi connectivity index (χ4n) is 1.80. The zero-order valence-corrected chi connectivity index (χ0v) is 13.0. The van der Waals surface area contributed by atoms with E-state index in [0.717, 1.165) is 47.6 Å². The molecule has 0 fully saturated rings. The Hall–Kier alpha value is -1.13. The maximum absolute atomic E-state index is 5.77. The molecule has 0 bridgehead atoms. The summed E-state index contributed by atoms with van der Waals surface area (Å²) in [5, 5.41) is 3.34. The van der Waals surface area contributed by atoms with E-state index < -0.39 is 0 Å². The molecule has 0 saturated heterocycles. The van der Waals surface area contributed by atoms with Crippen LogP contribution < -0.4 is 5.32 Å². The zero-order chi connectivity index (χ0) is 13.7. The fourth-order valence-corrected chi connectivity index (χ4v) is 2.18. The van der Waals surface area contributed by atoms with E-state index in [0.29, 0.717) is 0 Å². The summed E-state index contributed by atoms with van der Waals surface area (Å²) in [4.78, 5) is 4.32. The number of nitrogens with one attached hydrogen (secondary N) is 1. The first kappa shape index (κ1) is 14.3. The molecule has 1 aromatic carbocycles. The third-order valence-corrected chi connectivity index (χ3v) is 3.81. The standard InChI is InChI=1S/C15H19BrN2O/c1-3-7-17-8-6-15-18-10-14(19-15)12-5-4-11(2)13(16)9-12/h4-5,9-10,17H,3,6-8H2,1-2H3. The number of halogens is 1. The highest BCUT2D eigenvalue weighted by Gasteiger charge is 2.07. The van der Waals surface area contributed by atoms with Crippen LogP contribution in [0.3, 0.4) is 0 Å². The lowest BCUT2D eigenvalue weighted by molar-refractivity contribution is 0.495. The average Bonchev–Trinajstić information content (AvgIpc) is 2.87. The normalized spacial score (nSPS) is 10.9. The van der Waals surface area contributed by atoms with Gasteiger partial charge in [0.15, 0.2) is 11.7 Å². The molecule has 0 spiro atoms. The van der Waals surface area contributed by atoms with Gasteiger partial charge >= 0.3 is 0 Å². The first-order chi connectivity index (χ1) is 9.20. The van der Waals surface area contributed by atoms with Crippen LogP contribution >= 0.6 is 15.9 Å². The third-order valence-electron chi connectivity index (χ3n) is 2.95. The molecule has 0 radical (unpaired) electrons. The molecule has 1 N–H and O–H groups in total. The van der Waals surface area contributed by atoms with E-state index in [9.17, 15) is 0 Å². The number of hydrogen-bond acceptors (Lipinski definition) is 3. The number of aryl methyl sites for hydroxylation is 1. The second-order valence-corrected chi connectivity index (χ2v) is 5.44. The Kier molecular flexibility index (Phi) is 5.16. The van der Waals surface area contributed by atoms with Crippen LogP contribution in [-0.4, -0.2) is 18.1 Å². The van der Waals surface area contributed by atoms with Gasteiger partial charge in [-0.15, -0.1) is 0 Å². The maximum Gasteiger partial charge on any atom is 0.196 e.